The molecule has 0 atom stereocenters. The molecule has 0 aliphatic carbocycles. The second kappa shape index (κ2) is 6.61. The third-order valence-corrected chi connectivity index (χ3v) is 3.76. The van der Waals surface area contributed by atoms with Gasteiger partial charge in [-0.05, 0) is 36.2 Å². The molecule has 0 bridgehead atoms. The minimum Gasteiger partial charge on any atom is -0.497 e. The molecule has 0 aliphatic heterocycles. The molecule has 0 spiro atoms. The van der Waals surface area contributed by atoms with Gasteiger partial charge >= 0.3 is 0 Å². The fraction of sp³-hybridized carbons (Fsp3) is 0.200. The van der Waals surface area contributed by atoms with Crippen LogP contribution in [-0.4, -0.2) is 17.1 Å². The number of nitrogens with zero attached hydrogens (tertiary/aromatic N) is 2. The number of benzene rings is 2. The highest BCUT2D eigenvalue weighted by atomic mass is 16.5. The van der Waals surface area contributed by atoms with Crippen molar-refractivity contribution in [3.05, 3.63) is 66.4 Å². The first-order chi connectivity index (χ1) is 11.2. The van der Waals surface area contributed by atoms with E-state index in [-0.39, 0.29) is 0 Å². The van der Waals surface area contributed by atoms with E-state index in [9.17, 15) is 0 Å². The van der Waals surface area contributed by atoms with Crippen molar-refractivity contribution in [2.45, 2.75) is 19.8 Å². The lowest BCUT2D eigenvalue weighted by Crippen LogP contribution is -2.00. The first-order valence-electron chi connectivity index (χ1n) is 7.76. The summed E-state index contributed by atoms with van der Waals surface area (Å²) in [5.41, 5.74) is 4.08. The Labute approximate surface area is 137 Å². The van der Waals surface area contributed by atoms with Crippen molar-refractivity contribution in [3.8, 4) is 28.4 Å². The fourth-order valence-corrected chi connectivity index (χ4v) is 2.39. The molecular formula is C20H20N2O. The molecule has 0 aliphatic rings. The van der Waals surface area contributed by atoms with E-state index in [2.05, 4.69) is 19.9 Å². The molecule has 0 amide bonds. The Hall–Kier alpha value is -2.68. The van der Waals surface area contributed by atoms with E-state index >= 15 is 0 Å². The molecule has 2 aromatic carbocycles. The van der Waals surface area contributed by atoms with Crippen LogP contribution < -0.4 is 4.74 Å². The van der Waals surface area contributed by atoms with Gasteiger partial charge in [-0.15, -0.1) is 0 Å². The Morgan fingerprint density at radius 3 is 2.13 bits per heavy atom. The van der Waals surface area contributed by atoms with Crippen LogP contribution in [0.2, 0.25) is 0 Å². The third kappa shape index (κ3) is 3.39. The van der Waals surface area contributed by atoms with Crippen LogP contribution in [0.5, 0.6) is 5.75 Å². The van der Waals surface area contributed by atoms with Gasteiger partial charge in [0.15, 0.2) is 5.82 Å². The lowest BCUT2D eigenvalue weighted by atomic mass is 10.1. The molecule has 3 rings (SSSR count). The third-order valence-electron chi connectivity index (χ3n) is 3.76. The van der Waals surface area contributed by atoms with Crippen molar-refractivity contribution in [2.24, 2.45) is 0 Å². The molecule has 3 nitrogen and oxygen atoms in total. The van der Waals surface area contributed by atoms with E-state index in [4.69, 9.17) is 14.7 Å². The summed E-state index contributed by atoms with van der Waals surface area (Å²) in [7, 11) is 1.67. The predicted octanol–water partition coefficient (Wildman–Crippen LogP) is 4.94. The molecule has 0 N–H and O–H groups in total. The summed E-state index contributed by atoms with van der Waals surface area (Å²) >= 11 is 0. The van der Waals surface area contributed by atoms with Crippen molar-refractivity contribution in [1.29, 1.82) is 0 Å². The molecule has 0 unspecified atom stereocenters. The second-order valence-electron chi connectivity index (χ2n) is 5.75. The van der Waals surface area contributed by atoms with Gasteiger partial charge in [0.1, 0.15) is 5.75 Å². The Balaban J connectivity index is 2.10. The Kier molecular flexibility index (Phi) is 4.38. The van der Waals surface area contributed by atoms with Crippen molar-refractivity contribution >= 4 is 0 Å². The molecule has 23 heavy (non-hydrogen) atoms. The van der Waals surface area contributed by atoms with E-state index in [0.717, 1.165) is 34.1 Å². The summed E-state index contributed by atoms with van der Waals surface area (Å²) in [6.07, 6.45) is 0. The van der Waals surface area contributed by atoms with Crippen LogP contribution in [0.25, 0.3) is 22.6 Å². The molecular weight excluding hydrogens is 284 g/mol. The van der Waals surface area contributed by atoms with Crippen molar-refractivity contribution < 1.29 is 4.74 Å². The van der Waals surface area contributed by atoms with Crippen LogP contribution in [0, 0.1) is 0 Å². The number of aromatic nitrogens is 2. The Bertz CT molecular complexity index is 780. The van der Waals surface area contributed by atoms with E-state index in [0.29, 0.717) is 5.92 Å². The minimum atomic E-state index is 0.345. The number of hydrogen-bond acceptors (Lipinski definition) is 3. The maximum Gasteiger partial charge on any atom is 0.160 e. The molecule has 3 aromatic rings. The highest BCUT2D eigenvalue weighted by molar-refractivity contribution is 5.65. The lowest BCUT2D eigenvalue weighted by molar-refractivity contribution is 0.415. The van der Waals surface area contributed by atoms with Crippen LogP contribution in [0.1, 0.15) is 25.5 Å². The lowest BCUT2D eigenvalue weighted by Gasteiger charge is -2.11. The van der Waals surface area contributed by atoms with Crippen molar-refractivity contribution in [1.82, 2.24) is 9.97 Å². The Morgan fingerprint density at radius 2 is 1.52 bits per heavy atom. The smallest absolute Gasteiger partial charge is 0.160 e. The topological polar surface area (TPSA) is 35.0 Å². The molecule has 116 valence electrons. The summed E-state index contributed by atoms with van der Waals surface area (Å²) in [5, 5.41) is 0. The van der Waals surface area contributed by atoms with Gasteiger partial charge < -0.3 is 4.74 Å². The zero-order valence-electron chi connectivity index (χ0n) is 13.7. The van der Waals surface area contributed by atoms with Gasteiger partial charge in [0.25, 0.3) is 0 Å². The summed E-state index contributed by atoms with van der Waals surface area (Å²) in [5.74, 6) is 1.95. The van der Waals surface area contributed by atoms with Gasteiger partial charge in [-0.1, -0.05) is 44.2 Å². The molecule has 0 saturated heterocycles. The van der Waals surface area contributed by atoms with Crippen LogP contribution in [0.3, 0.4) is 0 Å². The maximum atomic E-state index is 5.23. The SMILES string of the molecule is COc1ccc(-c2cc(C(C)C)nc(-c3ccccc3)n2)cc1. The second-order valence-corrected chi connectivity index (χ2v) is 5.75. The van der Waals surface area contributed by atoms with Crippen molar-refractivity contribution in [2.75, 3.05) is 7.11 Å². The first-order valence-corrected chi connectivity index (χ1v) is 7.76. The van der Waals surface area contributed by atoms with Crippen LogP contribution in [-0.2, 0) is 0 Å². The first kappa shape index (κ1) is 15.2. The highest BCUT2D eigenvalue weighted by Gasteiger charge is 2.11. The summed E-state index contributed by atoms with van der Waals surface area (Å²) in [6, 6.07) is 20.1. The summed E-state index contributed by atoms with van der Waals surface area (Å²) in [6.45, 7) is 4.30. The highest BCUT2D eigenvalue weighted by Crippen LogP contribution is 2.26. The van der Waals surface area contributed by atoms with E-state index in [1.807, 2.05) is 54.6 Å². The maximum absolute atomic E-state index is 5.23. The Morgan fingerprint density at radius 1 is 0.826 bits per heavy atom. The zero-order valence-corrected chi connectivity index (χ0v) is 13.7. The van der Waals surface area contributed by atoms with Crippen LogP contribution in [0.4, 0.5) is 0 Å². The molecule has 1 aromatic heterocycles. The van der Waals surface area contributed by atoms with Gasteiger partial charge in [0, 0.05) is 16.8 Å². The number of ether oxygens (including phenoxy) is 1. The summed E-state index contributed by atoms with van der Waals surface area (Å²) in [4.78, 5) is 9.49. The summed E-state index contributed by atoms with van der Waals surface area (Å²) < 4.78 is 5.23. The van der Waals surface area contributed by atoms with Gasteiger partial charge in [0.2, 0.25) is 0 Å². The van der Waals surface area contributed by atoms with E-state index in [1.165, 1.54) is 0 Å². The van der Waals surface area contributed by atoms with Crippen molar-refractivity contribution in [3.63, 3.8) is 0 Å². The van der Waals surface area contributed by atoms with Gasteiger partial charge in [0.05, 0.1) is 12.8 Å². The van der Waals surface area contributed by atoms with Gasteiger partial charge in [-0.2, -0.15) is 0 Å². The number of rotatable bonds is 4. The zero-order chi connectivity index (χ0) is 16.2. The van der Waals surface area contributed by atoms with Gasteiger partial charge in [-0.25, -0.2) is 9.97 Å². The predicted molar refractivity (Wildman–Crippen MR) is 93.5 cm³/mol. The fourth-order valence-electron chi connectivity index (χ4n) is 2.39. The monoisotopic (exact) mass is 304 g/mol. The average molecular weight is 304 g/mol. The average Bonchev–Trinajstić information content (AvgIpc) is 2.62. The van der Waals surface area contributed by atoms with Gasteiger partial charge in [-0.3, -0.25) is 0 Å². The standard InChI is InChI=1S/C20H20N2O/c1-14(2)18-13-19(15-9-11-17(23-3)12-10-15)22-20(21-18)16-7-5-4-6-8-16/h4-14H,1-3H3. The molecule has 0 radical (unpaired) electrons. The molecule has 0 fully saturated rings. The quantitative estimate of drug-likeness (QED) is 0.684. The van der Waals surface area contributed by atoms with E-state index in [1.54, 1.807) is 7.11 Å². The number of hydrogen-bond donors (Lipinski definition) is 0. The molecule has 0 saturated carbocycles. The molecule has 1 heterocycles. The number of methoxy groups -OCH3 is 1. The van der Waals surface area contributed by atoms with Crippen LogP contribution in [0.15, 0.2) is 60.7 Å². The normalized spacial score (nSPS) is 10.8. The molecule has 3 heteroatoms. The minimum absolute atomic E-state index is 0.345. The largest absolute Gasteiger partial charge is 0.497 e. The van der Waals surface area contributed by atoms with Crippen LogP contribution >= 0.6 is 0 Å². The van der Waals surface area contributed by atoms with E-state index < -0.39 is 0 Å².